The van der Waals surface area contributed by atoms with E-state index in [1.807, 2.05) is 0 Å². The Morgan fingerprint density at radius 3 is 2.56 bits per heavy atom. The van der Waals surface area contributed by atoms with E-state index in [1.54, 1.807) is 0 Å². The first-order chi connectivity index (χ1) is 8.79. The summed E-state index contributed by atoms with van der Waals surface area (Å²) < 4.78 is 5.62. The highest BCUT2D eigenvalue weighted by atomic mass is 32.1. The zero-order chi connectivity index (χ0) is 12.8. The second-order valence-electron chi connectivity index (χ2n) is 6.18. The van der Waals surface area contributed by atoms with Gasteiger partial charge in [0, 0.05) is 19.1 Å². The highest BCUT2D eigenvalue weighted by molar-refractivity contribution is 7.80. The van der Waals surface area contributed by atoms with Crippen LogP contribution in [0.5, 0.6) is 0 Å². The van der Waals surface area contributed by atoms with Crippen LogP contribution in [0, 0.1) is 5.41 Å². The molecule has 0 N–H and O–H groups in total. The van der Waals surface area contributed by atoms with Gasteiger partial charge in [-0.2, -0.15) is 12.6 Å². The predicted octanol–water partition coefficient (Wildman–Crippen LogP) is 3.37. The lowest BCUT2D eigenvalue weighted by Gasteiger charge is -2.42. The van der Waals surface area contributed by atoms with Crippen LogP contribution in [-0.2, 0) is 4.74 Å². The molecular weight excluding hydrogens is 242 g/mol. The van der Waals surface area contributed by atoms with E-state index in [0.717, 1.165) is 25.5 Å². The van der Waals surface area contributed by atoms with E-state index < -0.39 is 0 Å². The van der Waals surface area contributed by atoms with Gasteiger partial charge in [0.15, 0.2) is 0 Å². The molecule has 1 heterocycles. The number of thiol groups is 1. The van der Waals surface area contributed by atoms with Gasteiger partial charge in [0.2, 0.25) is 0 Å². The first-order valence-corrected chi connectivity index (χ1v) is 8.35. The molecule has 1 saturated carbocycles. The molecule has 0 spiro atoms. The molecule has 2 fully saturated rings. The van der Waals surface area contributed by atoms with Gasteiger partial charge >= 0.3 is 0 Å². The van der Waals surface area contributed by atoms with Gasteiger partial charge in [-0.3, -0.25) is 4.90 Å². The second kappa shape index (κ2) is 7.16. The SMILES string of the molecule is CCC1COCCN1CC1(CS)CCCCCC1. The molecule has 106 valence electrons. The van der Waals surface area contributed by atoms with E-state index in [0.29, 0.717) is 11.5 Å². The van der Waals surface area contributed by atoms with Crippen molar-refractivity contribution in [2.45, 2.75) is 57.9 Å². The van der Waals surface area contributed by atoms with Crippen molar-refractivity contribution >= 4 is 12.6 Å². The Bertz CT molecular complexity index is 239. The van der Waals surface area contributed by atoms with Crippen molar-refractivity contribution in [3.05, 3.63) is 0 Å². The van der Waals surface area contributed by atoms with E-state index >= 15 is 0 Å². The van der Waals surface area contributed by atoms with E-state index in [4.69, 9.17) is 17.4 Å². The van der Waals surface area contributed by atoms with Gasteiger partial charge in [-0.15, -0.1) is 0 Å². The Balaban J connectivity index is 1.98. The van der Waals surface area contributed by atoms with Crippen molar-refractivity contribution < 1.29 is 4.74 Å². The monoisotopic (exact) mass is 271 g/mol. The first-order valence-electron chi connectivity index (χ1n) is 7.72. The highest BCUT2D eigenvalue weighted by Crippen LogP contribution is 2.37. The second-order valence-corrected chi connectivity index (χ2v) is 6.50. The molecule has 1 unspecified atom stereocenters. The summed E-state index contributed by atoms with van der Waals surface area (Å²) >= 11 is 4.70. The highest BCUT2D eigenvalue weighted by Gasteiger charge is 2.34. The maximum atomic E-state index is 5.62. The smallest absolute Gasteiger partial charge is 0.0622 e. The van der Waals surface area contributed by atoms with E-state index in [9.17, 15) is 0 Å². The molecular formula is C15H29NOS. The number of hydrogen-bond donors (Lipinski definition) is 1. The van der Waals surface area contributed by atoms with Crippen molar-refractivity contribution in [3.8, 4) is 0 Å². The molecule has 1 aliphatic carbocycles. The van der Waals surface area contributed by atoms with E-state index in [-0.39, 0.29) is 0 Å². The van der Waals surface area contributed by atoms with Gasteiger partial charge in [-0.1, -0.05) is 32.6 Å². The summed E-state index contributed by atoms with van der Waals surface area (Å²) in [5.74, 6) is 1.06. The van der Waals surface area contributed by atoms with Crippen LogP contribution in [0.1, 0.15) is 51.9 Å². The molecule has 2 rings (SSSR count). The molecule has 2 aliphatic rings. The minimum atomic E-state index is 0.477. The van der Waals surface area contributed by atoms with Crippen LogP contribution < -0.4 is 0 Å². The first kappa shape index (κ1) is 14.7. The lowest BCUT2D eigenvalue weighted by molar-refractivity contribution is -0.0272. The average Bonchev–Trinajstić information content (AvgIpc) is 2.66. The molecule has 18 heavy (non-hydrogen) atoms. The fourth-order valence-corrected chi connectivity index (χ4v) is 3.97. The van der Waals surface area contributed by atoms with Crippen LogP contribution in [0.2, 0.25) is 0 Å². The molecule has 0 aromatic rings. The molecule has 1 atom stereocenters. The molecule has 0 amide bonds. The number of rotatable bonds is 4. The third kappa shape index (κ3) is 3.64. The van der Waals surface area contributed by atoms with Gasteiger partial charge in [0.25, 0.3) is 0 Å². The predicted molar refractivity (Wildman–Crippen MR) is 80.5 cm³/mol. The number of morpholine rings is 1. The Morgan fingerprint density at radius 2 is 1.94 bits per heavy atom. The summed E-state index contributed by atoms with van der Waals surface area (Å²) in [4.78, 5) is 2.69. The molecule has 1 aliphatic heterocycles. The third-order valence-electron chi connectivity index (χ3n) is 4.86. The Morgan fingerprint density at radius 1 is 1.22 bits per heavy atom. The zero-order valence-corrected chi connectivity index (χ0v) is 12.8. The molecule has 0 bridgehead atoms. The summed E-state index contributed by atoms with van der Waals surface area (Å²) in [7, 11) is 0. The number of hydrogen-bond acceptors (Lipinski definition) is 3. The van der Waals surface area contributed by atoms with Gasteiger partial charge in [0.05, 0.1) is 13.2 Å². The summed E-state index contributed by atoms with van der Waals surface area (Å²) in [5, 5.41) is 0. The Labute approximate surface area is 118 Å². The van der Waals surface area contributed by atoms with Crippen LogP contribution in [-0.4, -0.2) is 43.0 Å². The summed E-state index contributed by atoms with van der Waals surface area (Å²) in [6, 6.07) is 0.638. The van der Waals surface area contributed by atoms with Crippen molar-refractivity contribution in [2.24, 2.45) is 5.41 Å². The number of ether oxygens (including phenoxy) is 1. The Kier molecular flexibility index (Phi) is 5.84. The van der Waals surface area contributed by atoms with Gasteiger partial charge in [-0.05, 0) is 30.4 Å². The van der Waals surface area contributed by atoms with Crippen molar-refractivity contribution in [1.29, 1.82) is 0 Å². The maximum Gasteiger partial charge on any atom is 0.0622 e. The fourth-order valence-electron chi connectivity index (χ4n) is 3.55. The molecule has 0 aromatic heterocycles. The zero-order valence-electron chi connectivity index (χ0n) is 11.9. The number of nitrogens with zero attached hydrogens (tertiary/aromatic N) is 1. The fraction of sp³-hybridized carbons (Fsp3) is 1.00. The third-order valence-corrected chi connectivity index (χ3v) is 5.53. The summed E-state index contributed by atoms with van der Waals surface area (Å²) in [6.45, 7) is 6.50. The van der Waals surface area contributed by atoms with Crippen LogP contribution in [0.4, 0.5) is 0 Å². The molecule has 0 aromatic carbocycles. The average molecular weight is 271 g/mol. The molecule has 1 saturated heterocycles. The van der Waals surface area contributed by atoms with Gasteiger partial charge < -0.3 is 4.74 Å². The minimum Gasteiger partial charge on any atom is -0.378 e. The quantitative estimate of drug-likeness (QED) is 0.622. The Hall–Kier alpha value is 0.270. The van der Waals surface area contributed by atoms with Crippen molar-refractivity contribution in [2.75, 3.05) is 32.1 Å². The standard InChI is InChI=1S/C15H29NOS/c1-2-14-11-17-10-9-16(14)12-15(13-18)7-5-3-4-6-8-15/h14,18H,2-13H2,1H3. The van der Waals surface area contributed by atoms with E-state index in [2.05, 4.69) is 11.8 Å². The van der Waals surface area contributed by atoms with Crippen LogP contribution in [0.15, 0.2) is 0 Å². The van der Waals surface area contributed by atoms with Crippen LogP contribution >= 0.6 is 12.6 Å². The van der Waals surface area contributed by atoms with Crippen molar-refractivity contribution in [3.63, 3.8) is 0 Å². The van der Waals surface area contributed by atoms with E-state index in [1.165, 1.54) is 51.5 Å². The minimum absolute atomic E-state index is 0.477. The van der Waals surface area contributed by atoms with Gasteiger partial charge in [-0.25, -0.2) is 0 Å². The summed E-state index contributed by atoms with van der Waals surface area (Å²) in [5.41, 5.74) is 0.477. The topological polar surface area (TPSA) is 12.5 Å². The largest absolute Gasteiger partial charge is 0.378 e. The lowest BCUT2D eigenvalue weighted by atomic mass is 9.81. The lowest BCUT2D eigenvalue weighted by Crippen LogP contribution is -2.50. The van der Waals surface area contributed by atoms with Crippen molar-refractivity contribution in [1.82, 2.24) is 4.90 Å². The summed E-state index contributed by atoms with van der Waals surface area (Å²) in [6.07, 6.45) is 9.63. The van der Waals surface area contributed by atoms with Gasteiger partial charge in [0.1, 0.15) is 0 Å². The van der Waals surface area contributed by atoms with Crippen LogP contribution in [0.25, 0.3) is 0 Å². The van der Waals surface area contributed by atoms with Crippen LogP contribution in [0.3, 0.4) is 0 Å². The normalized spacial score (nSPS) is 30.0. The molecule has 3 heteroatoms. The maximum absolute atomic E-state index is 5.62. The molecule has 2 nitrogen and oxygen atoms in total. The molecule has 0 radical (unpaired) electrons.